The number of likely N-dealkylation sites (N-methyl/N-ethyl adjacent to an activating group) is 1. The highest BCUT2D eigenvalue weighted by atomic mass is 19.1. The van der Waals surface area contributed by atoms with Gasteiger partial charge in [0.25, 0.3) is 0 Å². The van der Waals surface area contributed by atoms with Gasteiger partial charge in [0.1, 0.15) is 5.82 Å². The van der Waals surface area contributed by atoms with Crippen molar-refractivity contribution in [1.29, 1.82) is 0 Å². The number of nitrogens with one attached hydrogen (secondary N) is 1. The first-order chi connectivity index (χ1) is 11.1. The summed E-state index contributed by atoms with van der Waals surface area (Å²) in [5.74, 6) is -1.80. The van der Waals surface area contributed by atoms with Crippen molar-refractivity contribution in [2.75, 3.05) is 13.6 Å². The maximum Gasteiger partial charge on any atom is 0.311 e. The predicted molar refractivity (Wildman–Crippen MR) is 83.8 cm³/mol. The van der Waals surface area contributed by atoms with Gasteiger partial charge >= 0.3 is 11.8 Å². The number of nitrogens with zero attached hydrogens (tertiary/aromatic N) is 2. The first-order valence-corrected chi connectivity index (χ1v) is 7.23. The van der Waals surface area contributed by atoms with Crippen molar-refractivity contribution in [3.05, 3.63) is 65.7 Å². The Balaban J connectivity index is 1.82. The van der Waals surface area contributed by atoms with E-state index in [1.54, 1.807) is 37.6 Å². The minimum atomic E-state index is -0.745. The molecule has 23 heavy (non-hydrogen) atoms. The fraction of sp³-hybridized carbons (Fsp3) is 0.235. The minimum absolute atomic E-state index is 0.0184. The molecule has 0 aliphatic carbocycles. The zero-order chi connectivity index (χ0) is 16.7. The van der Waals surface area contributed by atoms with Crippen LogP contribution in [0.15, 0.2) is 48.8 Å². The van der Waals surface area contributed by atoms with Gasteiger partial charge in [-0.1, -0.05) is 18.2 Å². The van der Waals surface area contributed by atoms with E-state index in [2.05, 4.69) is 10.3 Å². The zero-order valence-corrected chi connectivity index (χ0v) is 12.8. The second kappa shape index (κ2) is 8.03. The highest BCUT2D eigenvalue weighted by Gasteiger charge is 2.18. The van der Waals surface area contributed by atoms with Crippen LogP contribution in [0.4, 0.5) is 4.39 Å². The average Bonchev–Trinajstić information content (AvgIpc) is 2.59. The number of amides is 2. The molecule has 1 N–H and O–H groups in total. The van der Waals surface area contributed by atoms with Crippen molar-refractivity contribution < 1.29 is 14.0 Å². The number of hydrogen-bond acceptors (Lipinski definition) is 3. The fourth-order valence-electron chi connectivity index (χ4n) is 2.01. The first-order valence-electron chi connectivity index (χ1n) is 7.23. The molecule has 6 heteroatoms. The Hall–Kier alpha value is -2.76. The number of aromatic nitrogens is 1. The summed E-state index contributed by atoms with van der Waals surface area (Å²) in [6, 6.07) is 9.83. The summed E-state index contributed by atoms with van der Waals surface area (Å²) < 4.78 is 13.5. The predicted octanol–water partition coefficient (Wildman–Crippen LogP) is 1.54. The van der Waals surface area contributed by atoms with E-state index in [9.17, 15) is 14.0 Å². The normalized spacial score (nSPS) is 10.2. The molecule has 0 saturated heterocycles. The molecule has 2 aromatic rings. The van der Waals surface area contributed by atoms with E-state index in [-0.39, 0.29) is 6.54 Å². The monoisotopic (exact) mass is 315 g/mol. The molecular weight excluding hydrogens is 297 g/mol. The summed E-state index contributed by atoms with van der Waals surface area (Å²) >= 11 is 0. The highest BCUT2D eigenvalue weighted by molar-refractivity contribution is 6.34. The van der Waals surface area contributed by atoms with Crippen LogP contribution in [0.3, 0.4) is 0 Å². The molecule has 0 atom stereocenters. The fourth-order valence-corrected chi connectivity index (χ4v) is 2.01. The van der Waals surface area contributed by atoms with Crippen LogP contribution >= 0.6 is 0 Å². The summed E-state index contributed by atoms with van der Waals surface area (Å²) in [4.78, 5) is 29.1. The molecular formula is C17H18FN3O2. The number of carbonyl (C=O) groups is 2. The summed E-state index contributed by atoms with van der Waals surface area (Å²) in [6.45, 7) is 0.394. The van der Waals surface area contributed by atoms with Crippen LogP contribution in [0.5, 0.6) is 0 Å². The molecule has 0 aliphatic rings. The van der Waals surface area contributed by atoms with Crippen LogP contribution in [-0.2, 0) is 22.6 Å². The second-order valence-electron chi connectivity index (χ2n) is 5.11. The summed E-state index contributed by atoms with van der Waals surface area (Å²) in [6.07, 6.45) is 3.99. The summed E-state index contributed by atoms with van der Waals surface area (Å²) in [7, 11) is 1.56. The third kappa shape index (κ3) is 4.88. The van der Waals surface area contributed by atoms with E-state index in [0.29, 0.717) is 18.5 Å². The standard InChI is InChI=1S/C17H18FN3O2/c1-21(11-8-13-6-9-19-10-7-13)17(23)16(22)20-12-14-4-2-3-5-15(14)18/h2-7,9-10H,8,11-12H2,1H3,(H,20,22). The van der Waals surface area contributed by atoms with Gasteiger partial charge < -0.3 is 10.2 Å². The van der Waals surface area contributed by atoms with Gasteiger partial charge in [0.15, 0.2) is 0 Å². The molecule has 1 heterocycles. The lowest BCUT2D eigenvalue weighted by atomic mass is 10.2. The van der Waals surface area contributed by atoms with Gasteiger partial charge in [-0.3, -0.25) is 14.6 Å². The largest absolute Gasteiger partial charge is 0.344 e. The number of halogens is 1. The zero-order valence-electron chi connectivity index (χ0n) is 12.8. The van der Waals surface area contributed by atoms with Crippen LogP contribution in [0, 0.1) is 5.82 Å². The Morgan fingerprint density at radius 2 is 1.87 bits per heavy atom. The van der Waals surface area contributed by atoms with Gasteiger partial charge in [-0.05, 0) is 30.2 Å². The molecule has 5 nitrogen and oxygen atoms in total. The summed E-state index contributed by atoms with van der Waals surface area (Å²) in [5, 5.41) is 2.44. The van der Waals surface area contributed by atoms with Gasteiger partial charge in [0, 0.05) is 38.1 Å². The van der Waals surface area contributed by atoms with Gasteiger partial charge in [-0.15, -0.1) is 0 Å². The lowest BCUT2D eigenvalue weighted by molar-refractivity contribution is -0.145. The molecule has 0 saturated carbocycles. The summed E-state index contributed by atoms with van der Waals surface area (Å²) in [5.41, 5.74) is 1.37. The topological polar surface area (TPSA) is 62.3 Å². The van der Waals surface area contributed by atoms with Crippen molar-refractivity contribution in [2.24, 2.45) is 0 Å². The van der Waals surface area contributed by atoms with E-state index in [4.69, 9.17) is 0 Å². The highest BCUT2D eigenvalue weighted by Crippen LogP contribution is 2.05. The van der Waals surface area contributed by atoms with Crippen molar-refractivity contribution in [1.82, 2.24) is 15.2 Å². The van der Waals surface area contributed by atoms with Crippen LogP contribution in [-0.4, -0.2) is 35.3 Å². The Bertz CT molecular complexity index is 677. The second-order valence-corrected chi connectivity index (χ2v) is 5.11. The van der Waals surface area contributed by atoms with E-state index < -0.39 is 17.6 Å². The number of benzene rings is 1. The number of carbonyl (C=O) groups excluding carboxylic acids is 2. The van der Waals surface area contributed by atoms with Gasteiger partial charge in [0.2, 0.25) is 0 Å². The third-order valence-electron chi connectivity index (χ3n) is 3.42. The Morgan fingerprint density at radius 3 is 2.57 bits per heavy atom. The molecule has 1 aromatic carbocycles. The van der Waals surface area contributed by atoms with Gasteiger partial charge in [-0.25, -0.2) is 4.39 Å². The molecule has 0 unspecified atom stereocenters. The van der Waals surface area contributed by atoms with Gasteiger partial charge in [-0.2, -0.15) is 0 Å². The average molecular weight is 315 g/mol. The van der Waals surface area contributed by atoms with Crippen LogP contribution in [0.1, 0.15) is 11.1 Å². The van der Waals surface area contributed by atoms with E-state index in [1.807, 2.05) is 12.1 Å². The van der Waals surface area contributed by atoms with Crippen molar-refractivity contribution in [3.8, 4) is 0 Å². The first kappa shape index (κ1) is 16.6. The molecule has 2 rings (SSSR count). The molecule has 2 amide bonds. The van der Waals surface area contributed by atoms with Crippen molar-refractivity contribution in [2.45, 2.75) is 13.0 Å². The van der Waals surface area contributed by atoms with Crippen molar-refractivity contribution in [3.63, 3.8) is 0 Å². The minimum Gasteiger partial charge on any atom is -0.344 e. The van der Waals surface area contributed by atoms with Crippen LogP contribution in [0.2, 0.25) is 0 Å². The molecule has 0 bridgehead atoms. The Kier molecular flexibility index (Phi) is 5.80. The lowest BCUT2D eigenvalue weighted by Crippen LogP contribution is -2.41. The molecule has 0 spiro atoms. The van der Waals surface area contributed by atoms with E-state index in [1.165, 1.54) is 11.0 Å². The van der Waals surface area contributed by atoms with Gasteiger partial charge in [0.05, 0.1) is 0 Å². The smallest absolute Gasteiger partial charge is 0.311 e. The molecule has 0 aliphatic heterocycles. The number of pyridine rings is 1. The van der Waals surface area contributed by atoms with Crippen LogP contribution in [0.25, 0.3) is 0 Å². The quantitative estimate of drug-likeness (QED) is 0.851. The third-order valence-corrected chi connectivity index (χ3v) is 3.42. The molecule has 0 radical (unpaired) electrons. The molecule has 0 fully saturated rings. The Labute approximate surface area is 134 Å². The number of rotatable bonds is 5. The maximum absolute atomic E-state index is 13.5. The van der Waals surface area contributed by atoms with Crippen molar-refractivity contribution >= 4 is 11.8 Å². The maximum atomic E-state index is 13.5. The lowest BCUT2D eigenvalue weighted by Gasteiger charge is -2.16. The van der Waals surface area contributed by atoms with E-state index >= 15 is 0 Å². The molecule has 1 aromatic heterocycles. The SMILES string of the molecule is CN(CCc1ccncc1)C(=O)C(=O)NCc1ccccc1F. The Morgan fingerprint density at radius 1 is 1.17 bits per heavy atom. The van der Waals surface area contributed by atoms with E-state index in [0.717, 1.165) is 5.56 Å². The number of hydrogen-bond donors (Lipinski definition) is 1. The van der Waals surface area contributed by atoms with Crippen LogP contribution < -0.4 is 5.32 Å². The molecule has 120 valence electrons.